The van der Waals surface area contributed by atoms with Gasteiger partial charge in [-0.1, -0.05) is 12.1 Å². The molecule has 1 saturated heterocycles. The number of aryl methyl sites for hydroxylation is 2. The zero-order valence-electron chi connectivity index (χ0n) is 15.5. The average molecular weight is 400 g/mol. The first-order valence-corrected chi connectivity index (χ1v) is 10.6. The quantitative estimate of drug-likeness (QED) is 0.699. The Bertz CT molecular complexity index is 1140. The minimum absolute atomic E-state index is 0.0420. The standard InChI is InChI=1S/C18H20N6O3S/c1-11-15(23(2)10-20-11)18-21-17(13-5-3-12(4-6-13)16(19)25)22-24(18)14-7-8-28(26,27)9-14/h3-6,10,14H,7-9H2,1-2H3,(H2,19,25). The van der Waals surface area contributed by atoms with Gasteiger partial charge in [0.15, 0.2) is 21.5 Å². The molecule has 28 heavy (non-hydrogen) atoms. The highest BCUT2D eigenvalue weighted by molar-refractivity contribution is 7.91. The number of amides is 1. The molecule has 4 rings (SSSR count). The van der Waals surface area contributed by atoms with Crippen LogP contribution in [0.2, 0.25) is 0 Å². The Morgan fingerprint density at radius 1 is 1.25 bits per heavy atom. The van der Waals surface area contributed by atoms with Crippen LogP contribution in [0.1, 0.15) is 28.5 Å². The van der Waals surface area contributed by atoms with Crippen molar-refractivity contribution in [2.75, 3.05) is 11.5 Å². The van der Waals surface area contributed by atoms with E-state index in [2.05, 4.69) is 10.1 Å². The van der Waals surface area contributed by atoms with Gasteiger partial charge >= 0.3 is 0 Å². The van der Waals surface area contributed by atoms with Crippen molar-refractivity contribution in [3.05, 3.63) is 41.9 Å². The van der Waals surface area contributed by atoms with Crippen molar-refractivity contribution in [1.82, 2.24) is 24.3 Å². The molecule has 3 heterocycles. The third-order valence-electron chi connectivity index (χ3n) is 4.94. The lowest BCUT2D eigenvalue weighted by Gasteiger charge is -2.12. The predicted molar refractivity (Wildman–Crippen MR) is 103 cm³/mol. The zero-order valence-corrected chi connectivity index (χ0v) is 16.3. The molecule has 3 aromatic rings. The van der Waals surface area contributed by atoms with Gasteiger partial charge in [-0.2, -0.15) is 5.10 Å². The fourth-order valence-corrected chi connectivity index (χ4v) is 5.17. The van der Waals surface area contributed by atoms with Gasteiger partial charge in [0, 0.05) is 18.2 Å². The second-order valence-corrected chi connectivity index (χ2v) is 9.22. The molecular formula is C18H20N6O3S. The molecule has 0 saturated carbocycles. The number of rotatable bonds is 4. The molecule has 0 bridgehead atoms. The van der Waals surface area contributed by atoms with Gasteiger partial charge in [0.1, 0.15) is 5.69 Å². The fraction of sp³-hybridized carbons (Fsp3) is 0.333. The Kier molecular flexibility index (Phi) is 4.30. The van der Waals surface area contributed by atoms with Crippen LogP contribution in [0.3, 0.4) is 0 Å². The Labute approximate surface area is 162 Å². The molecule has 2 N–H and O–H groups in total. The molecule has 1 fully saturated rings. The van der Waals surface area contributed by atoms with E-state index in [1.807, 2.05) is 18.5 Å². The SMILES string of the molecule is Cc1ncn(C)c1-c1nc(-c2ccc(C(N)=O)cc2)nn1C1CCS(=O)(=O)C1. The van der Waals surface area contributed by atoms with Gasteiger partial charge in [0.05, 0.1) is 29.6 Å². The smallest absolute Gasteiger partial charge is 0.248 e. The Morgan fingerprint density at radius 3 is 2.50 bits per heavy atom. The van der Waals surface area contributed by atoms with E-state index >= 15 is 0 Å². The summed E-state index contributed by atoms with van der Waals surface area (Å²) in [5.41, 5.74) is 7.98. The number of carbonyl (C=O) groups excluding carboxylic acids is 1. The maximum absolute atomic E-state index is 12.0. The van der Waals surface area contributed by atoms with E-state index in [1.165, 1.54) is 0 Å². The fourth-order valence-electron chi connectivity index (χ4n) is 3.48. The number of benzene rings is 1. The first-order valence-electron chi connectivity index (χ1n) is 8.80. The van der Waals surface area contributed by atoms with E-state index in [4.69, 9.17) is 10.7 Å². The number of hydrogen-bond acceptors (Lipinski definition) is 6. The van der Waals surface area contributed by atoms with E-state index in [1.54, 1.807) is 35.3 Å². The molecule has 0 aliphatic carbocycles. The number of sulfone groups is 1. The molecule has 10 heteroatoms. The van der Waals surface area contributed by atoms with Gasteiger partial charge in [-0.25, -0.2) is 23.1 Å². The summed E-state index contributed by atoms with van der Waals surface area (Å²) in [5, 5.41) is 4.62. The van der Waals surface area contributed by atoms with Gasteiger partial charge in [-0.15, -0.1) is 0 Å². The van der Waals surface area contributed by atoms with E-state index in [9.17, 15) is 13.2 Å². The monoisotopic (exact) mass is 400 g/mol. The molecule has 1 unspecified atom stereocenters. The second-order valence-electron chi connectivity index (χ2n) is 6.99. The Hall–Kier alpha value is -3.01. The van der Waals surface area contributed by atoms with Crippen molar-refractivity contribution >= 4 is 15.7 Å². The molecule has 0 radical (unpaired) electrons. The molecule has 2 aromatic heterocycles. The second kappa shape index (κ2) is 6.55. The summed E-state index contributed by atoms with van der Waals surface area (Å²) < 4.78 is 27.5. The van der Waals surface area contributed by atoms with Crippen molar-refractivity contribution in [2.24, 2.45) is 12.8 Å². The van der Waals surface area contributed by atoms with E-state index in [0.717, 1.165) is 11.4 Å². The van der Waals surface area contributed by atoms with Crippen LogP contribution >= 0.6 is 0 Å². The molecule has 0 spiro atoms. The molecule has 1 aromatic carbocycles. The van der Waals surface area contributed by atoms with Crippen molar-refractivity contribution in [2.45, 2.75) is 19.4 Å². The molecular weight excluding hydrogens is 380 g/mol. The lowest BCUT2D eigenvalue weighted by Crippen LogP contribution is -2.15. The highest BCUT2D eigenvalue weighted by Crippen LogP contribution is 2.31. The van der Waals surface area contributed by atoms with Crippen LogP contribution in [0.15, 0.2) is 30.6 Å². The summed E-state index contributed by atoms with van der Waals surface area (Å²) in [6.07, 6.45) is 2.19. The number of nitrogens with two attached hydrogens (primary N) is 1. The molecule has 1 atom stereocenters. The Balaban J connectivity index is 1.83. The average Bonchev–Trinajstić information content (AvgIpc) is 3.32. The van der Waals surface area contributed by atoms with Gasteiger partial charge in [0.25, 0.3) is 0 Å². The number of primary amides is 1. The highest BCUT2D eigenvalue weighted by Gasteiger charge is 2.33. The molecule has 9 nitrogen and oxygen atoms in total. The van der Waals surface area contributed by atoms with Crippen molar-refractivity contribution in [3.63, 3.8) is 0 Å². The summed E-state index contributed by atoms with van der Waals surface area (Å²) in [6.45, 7) is 1.88. The molecule has 146 valence electrons. The van der Waals surface area contributed by atoms with Gasteiger partial charge in [-0.05, 0) is 25.5 Å². The number of imidazole rings is 1. The first-order chi connectivity index (χ1) is 13.2. The summed E-state index contributed by atoms with van der Waals surface area (Å²) in [7, 11) is -1.22. The van der Waals surface area contributed by atoms with E-state index in [0.29, 0.717) is 29.2 Å². The first kappa shape index (κ1) is 18.4. The third-order valence-corrected chi connectivity index (χ3v) is 6.70. The van der Waals surface area contributed by atoms with Crippen molar-refractivity contribution in [1.29, 1.82) is 0 Å². The highest BCUT2D eigenvalue weighted by atomic mass is 32.2. The van der Waals surface area contributed by atoms with Crippen LogP contribution in [-0.4, -0.2) is 50.1 Å². The number of hydrogen-bond donors (Lipinski definition) is 1. The van der Waals surface area contributed by atoms with E-state index in [-0.39, 0.29) is 17.5 Å². The van der Waals surface area contributed by atoms with E-state index < -0.39 is 15.7 Å². The predicted octanol–water partition coefficient (Wildman–Crippen LogP) is 1.11. The normalized spacial score (nSPS) is 18.4. The summed E-state index contributed by atoms with van der Waals surface area (Å²) in [5.74, 6) is 0.710. The van der Waals surface area contributed by atoms with Crippen LogP contribution in [0.5, 0.6) is 0 Å². The number of aromatic nitrogens is 5. The summed E-state index contributed by atoms with van der Waals surface area (Å²) >= 11 is 0. The van der Waals surface area contributed by atoms with Crippen LogP contribution in [-0.2, 0) is 16.9 Å². The van der Waals surface area contributed by atoms with Gasteiger partial charge < -0.3 is 10.3 Å². The third kappa shape index (κ3) is 3.19. The summed E-state index contributed by atoms with van der Waals surface area (Å²) in [4.78, 5) is 20.3. The molecule has 1 aliphatic heterocycles. The van der Waals surface area contributed by atoms with Gasteiger partial charge in [-0.3, -0.25) is 4.79 Å². The maximum Gasteiger partial charge on any atom is 0.248 e. The minimum Gasteiger partial charge on any atom is -0.366 e. The topological polar surface area (TPSA) is 126 Å². The lowest BCUT2D eigenvalue weighted by molar-refractivity contribution is 0.100. The summed E-state index contributed by atoms with van der Waals surface area (Å²) in [6, 6.07) is 6.41. The molecule has 1 amide bonds. The molecule has 1 aliphatic rings. The lowest BCUT2D eigenvalue weighted by atomic mass is 10.1. The zero-order chi connectivity index (χ0) is 20.1. The number of carbonyl (C=O) groups is 1. The number of nitrogens with zero attached hydrogens (tertiary/aromatic N) is 5. The largest absolute Gasteiger partial charge is 0.366 e. The van der Waals surface area contributed by atoms with Crippen LogP contribution in [0.25, 0.3) is 22.9 Å². The Morgan fingerprint density at radius 2 is 1.96 bits per heavy atom. The minimum atomic E-state index is -3.08. The van der Waals surface area contributed by atoms with Gasteiger partial charge in [0.2, 0.25) is 5.91 Å². The maximum atomic E-state index is 12.0. The van der Waals surface area contributed by atoms with Crippen molar-refractivity contribution in [3.8, 4) is 22.9 Å². The van der Waals surface area contributed by atoms with Crippen LogP contribution < -0.4 is 5.73 Å². The van der Waals surface area contributed by atoms with Crippen LogP contribution in [0, 0.1) is 6.92 Å². The van der Waals surface area contributed by atoms with Crippen LogP contribution in [0.4, 0.5) is 0 Å². The van der Waals surface area contributed by atoms with Crippen molar-refractivity contribution < 1.29 is 13.2 Å².